The molecule has 17 heavy (non-hydrogen) atoms. The molecule has 0 aliphatic rings. The van der Waals surface area contributed by atoms with Gasteiger partial charge in [0.1, 0.15) is 5.75 Å². The van der Waals surface area contributed by atoms with E-state index in [-0.39, 0.29) is 0 Å². The van der Waals surface area contributed by atoms with Crippen LogP contribution in [0.3, 0.4) is 0 Å². The third-order valence-corrected chi connectivity index (χ3v) is 2.75. The number of hydrogen-bond acceptors (Lipinski definition) is 4. The monoisotopic (exact) mass is 232 g/mol. The van der Waals surface area contributed by atoms with Crippen LogP contribution in [0.4, 0.5) is 5.88 Å². The molecule has 0 atom stereocenters. The number of anilines is 1. The summed E-state index contributed by atoms with van der Waals surface area (Å²) in [6, 6.07) is 5.88. The maximum atomic E-state index is 5.76. The van der Waals surface area contributed by atoms with E-state index >= 15 is 0 Å². The third-order valence-electron chi connectivity index (χ3n) is 2.75. The van der Waals surface area contributed by atoms with Gasteiger partial charge in [0, 0.05) is 5.56 Å². The molecule has 0 fully saturated rings. The van der Waals surface area contributed by atoms with Gasteiger partial charge in [-0.05, 0) is 17.5 Å². The molecule has 4 nitrogen and oxygen atoms in total. The van der Waals surface area contributed by atoms with Crippen LogP contribution in [0.5, 0.6) is 5.75 Å². The van der Waals surface area contributed by atoms with Gasteiger partial charge in [-0.3, -0.25) is 0 Å². The average Bonchev–Trinajstić information content (AvgIpc) is 2.74. The van der Waals surface area contributed by atoms with Crippen molar-refractivity contribution in [2.45, 2.75) is 19.8 Å². The van der Waals surface area contributed by atoms with E-state index in [9.17, 15) is 0 Å². The summed E-state index contributed by atoms with van der Waals surface area (Å²) in [6.45, 7) is 4.23. The Kier molecular flexibility index (Phi) is 3.04. The van der Waals surface area contributed by atoms with E-state index < -0.39 is 0 Å². The fourth-order valence-corrected chi connectivity index (χ4v) is 2.00. The normalized spacial score (nSPS) is 10.8. The van der Waals surface area contributed by atoms with Gasteiger partial charge in [0.25, 0.3) is 0 Å². The first-order chi connectivity index (χ1) is 8.15. The zero-order valence-corrected chi connectivity index (χ0v) is 10.2. The van der Waals surface area contributed by atoms with Gasteiger partial charge in [0.05, 0.1) is 18.9 Å². The van der Waals surface area contributed by atoms with Gasteiger partial charge in [-0.2, -0.15) is 0 Å². The van der Waals surface area contributed by atoms with Gasteiger partial charge in [-0.15, -0.1) is 0 Å². The van der Waals surface area contributed by atoms with Crippen molar-refractivity contribution in [3.05, 3.63) is 30.0 Å². The molecule has 1 aromatic heterocycles. The minimum absolute atomic E-state index is 0.329. The molecule has 0 aliphatic heterocycles. The summed E-state index contributed by atoms with van der Waals surface area (Å²) < 4.78 is 10.3. The Morgan fingerprint density at radius 3 is 2.59 bits per heavy atom. The zero-order valence-electron chi connectivity index (χ0n) is 10.2. The molecule has 0 spiro atoms. The SMILES string of the molecule is COc1cccc(-c2cnoc2N)c1C(C)C. The summed E-state index contributed by atoms with van der Waals surface area (Å²) in [4.78, 5) is 0. The molecule has 0 aliphatic carbocycles. The molecular formula is C13H16N2O2. The Hall–Kier alpha value is -1.97. The molecule has 0 amide bonds. The van der Waals surface area contributed by atoms with Crippen LogP contribution in [-0.2, 0) is 0 Å². The van der Waals surface area contributed by atoms with Crippen molar-refractivity contribution >= 4 is 5.88 Å². The second-order valence-corrected chi connectivity index (χ2v) is 4.18. The Labute approximate surface area is 100 Å². The van der Waals surface area contributed by atoms with Gasteiger partial charge in [-0.1, -0.05) is 31.1 Å². The van der Waals surface area contributed by atoms with E-state index in [1.807, 2.05) is 18.2 Å². The summed E-state index contributed by atoms with van der Waals surface area (Å²) in [7, 11) is 1.67. The number of nitrogens with zero attached hydrogens (tertiary/aromatic N) is 1. The lowest BCUT2D eigenvalue weighted by molar-refractivity contribution is 0.408. The number of nitrogens with two attached hydrogens (primary N) is 1. The molecule has 0 bridgehead atoms. The highest BCUT2D eigenvalue weighted by Crippen LogP contribution is 2.38. The van der Waals surface area contributed by atoms with Crippen molar-refractivity contribution in [3.8, 4) is 16.9 Å². The predicted octanol–water partition coefficient (Wildman–Crippen LogP) is 3.06. The van der Waals surface area contributed by atoms with Crippen LogP contribution in [-0.4, -0.2) is 12.3 Å². The van der Waals surface area contributed by atoms with Crippen LogP contribution in [0.25, 0.3) is 11.1 Å². The van der Waals surface area contributed by atoms with Crippen molar-refractivity contribution in [1.82, 2.24) is 5.16 Å². The Balaban J connectivity index is 2.65. The third kappa shape index (κ3) is 1.98. The van der Waals surface area contributed by atoms with Crippen molar-refractivity contribution in [2.75, 3.05) is 12.8 Å². The summed E-state index contributed by atoms with van der Waals surface area (Å²) in [5.74, 6) is 1.52. The highest BCUT2D eigenvalue weighted by Gasteiger charge is 2.17. The van der Waals surface area contributed by atoms with Crippen LogP contribution in [0.1, 0.15) is 25.3 Å². The molecule has 0 saturated heterocycles. The van der Waals surface area contributed by atoms with E-state index in [4.69, 9.17) is 15.0 Å². The number of rotatable bonds is 3. The molecule has 2 aromatic rings. The van der Waals surface area contributed by atoms with Gasteiger partial charge >= 0.3 is 0 Å². The first-order valence-corrected chi connectivity index (χ1v) is 5.52. The number of methoxy groups -OCH3 is 1. The zero-order chi connectivity index (χ0) is 12.4. The number of aromatic nitrogens is 1. The first-order valence-electron chi connectivity index (χ1n) is 5.52. The Morgan fingerprint density at radius 1 is 1.29 bits per heavy atom. The summed E-state index contributed by atoms with van der Waals surface area (Å²) in [5, 5.41) is 3.71. The average molecular weight is 232 g/mol. The number of nitrogen functional groups attached to an aromatic ring is 1. The van der Waals surface area contributed by atoms with Crippen molar-refractivity contribution in [2.24, 2.45) is 0 Å². The van der Waals surface area contributed by atoms with E-state index in [0.717, 1.165) is 22.4 Å². The molecule has 4 heteroatoms. The van der Waals surface area contributed by atoms with Crippen LogP contribution in [0.2, 0.25) is 0 Å². The molecule has 0 saturated carbocycles. The van der Waals surface area contributed by atoms with E-state index in [1.165, 1.54) is 0 Å². The molecule has 2 rings (SSSR count). The fraction of sp³-hybridized carbons (Fsp3) is 0.308. The Bertz CT molecular complexity index is 518. The molecule has 1 aromatic carbocycles. The highest BCUT2D eigenvalue weighted by atomic mass is 16.5. The minimum atomic E-state index is 0.329. The van der Waals surface area contributed by atoms with E-state index in [2.05, 4.69) is 19.0 Å². The molecule has 0 unspecified atom stereocenters. The maximum Gasteiger partial charge on any atom is 0.229 e. The van der Waals surface area contributed by atoms with Crippen molar-refractivity contribution < 1.29 is 9.26 Å². The Morgan fingerprint density at radius 2 is 2.06 bits per heavy atom. The molecule has 2 N–H and O–H groups in total. The predicted molar refractivity (Wildman–Crippen MR) is 67.0 cm³/mol. The van der Waals surface area contributed by atoms with Crippen LogP contribution in [0, 0.1) is 0 Å². The van der Waals surface area contributed by atoms with E-state index in [0.29, 0.717) is 11.8 Å². The second-order valence-electron chi connectivity index (χ2n) is 4.18. The van der Waals surface area contributed by atoms with Gasteiger partial charge < -0.3 is 15.0 Å². The smallest absolute Gasteiger partial charge is 0.229 e. The molecule has 90 valence electrons. The number of benzene rings is 1. The summed E-state index contributed by atoms with van der Waals surface area (Å²) in [5.41, 5.74) is 8.70. The van der Waals surface area contributed by atoms with Crippen LogP contribution < -0.4 is 10.5 Å². The maximum absolute atomic E-state index is 5.76. The quantitative estimate of drug-likeness (QED) is 0.883. The lowest BCUT2D eigenvalue weighted by Gasteiger charge is -2.15. The van der Waals surface area contributed by atoms with E-state index in [1.54, 1.807) is 13.3 Å². The van der Waals surface area contributed by atoms with Crippen LogP contribution >= 0.6 is 0 Å². The number of hydrogen-bond donors (Lipinski definition) is 1. The molecular weight excluding hydrogens is 216 g/mol. The van der Waals surface area contributed by atoms with Crippen molar-refractivity contribution in [3.63, 3.8) is 0 Å². The molecule has 0 radical (unpaired) electrons. The first kappa shape index (κ1) is 11.5. The minimum Gasteiger partial charge on any atom is -0.496 e. The summed E-state index contributed by atoms with van der Waals surface area (Å²) in [6.07, 6.45) is 1.63. The number of ether oxygens (including phenoxy) is 1. The molecule has 1 heterocycles. The lowest BCUT2D eigenvalue weighted by atomic mass is 9.93. The fourth-order valence-electron chi connectivity index (χ4n) is 2.00. The lowest BCUT2D eigenvalue weighted by Crippen LogP contribution is -1.98. The topological polar surface area (TPSA) is 61.3 Å². The largest absolute Gasteiger partial charge is 0.496 e. The van der Waals surface area contributed by atoms with Gasteiger partial charge in [-0.25, -0.2) is 0 Å². The van der Waals surface area contributed by atoms with Crippen LogP contribution in [0.15, 0.2) is 28.9 Å². The van der Waals surface area contributed by atoms with Gasteiger partial charge in [0.15, 0.2) is 0 Å². The second kappa shape index (κ2) is 4.49. The highest BCUT2D eigenvalue weighted by molar-refractivity contribution is 5.77. The van der Waals surface area contributed by atoms with Crippen molar-refractivity contribution in [1.29, 1.82) is 0 Å². The summed E-state index contributed by atoms with van der Waals surface area (Å²) >= 11 is 0. The standard InChI is InChI=1S/C13H16N2O2/c1-8(2)12-9(5-4-6-11(12)16-3)10-7-15-17-13(10)14/h4-8H,14H2,1-3H3. The van der Waals surface area contributed by atoms with Gasteiger partial charge in [0.2, 0.25) is 5.88 Å².